The van der Waals surface area contributed by atoms with E-state index < -0.39 is 0 Å². The van der Waals surface area contributed by atoms with Crippen molar-refractivity contribution >= 4 is 27.5 Å². The largest absolute Gasteiger partial charge is 0.467 e. The molecule has 0 aliphatic heterocycles. The number of aryl methyl sites for hydroxylation is 2. The minimum atomic E-state index is -0.129. The topological polar surface area (TPSA) is 64.1 Å². The maximum atomic E-state index is 11.7. The maximum Gasteiger partial charge on any atom is 0.258 e. The number of hydrogen-bond donors (Lipinski definition) is 1. The Hall–Kier alpha value is -1.69. The zero-order valence-electron chi connectivity index (χ0n) is 12.2. The number of rotatable bonds is 5. The number of carbonyl (C=O) groups is 1. The van der Waals surface area contributed by atoms with Crippen LogP contribution in [0.5, 0.6) is 5.88 Å². The number of ether oxygens (including phenoxy) is 1. The Kier molecular flexibility index (Phi) is 4.54. The number of thiophene rings is 1. The van der Waals surface area contributed by atoms with E-state index in [1.165, 1.54) is 11.2 Å². The molecule has 2 aromatic heterocycles. The van der Waals surface area contributed by atoms with Gasteiger partial charge in [-0.15, -0.1) is 11.3 Å². The predicted octanol–water partition coefficient (Wildman–Crippen LogP) is 2.60. The van der Waals surface area contributed by atoms with Gasteiger partial charge in [0.25, 0.3) is 5.91 Å². The van der Waals surface area contributed by atoms with Crippen molar-refractivity contribution in [1.29, 1.82) is 0 Å². The van der Waals surface area contributed by atoms with Crippen LogP contribution < -0.4 is 10.1 Å². The van der Waals surface area contributed by atoms with E-state index in [1.54, 1.807) is 11.3 Å². The van der Waals surface area contributed by atoms with Crippen molar-refractivity contribution in [2.45, 2.75) is 40.2 Å². The summed E-state index contributed by atoms with van der Waals surface area (Å²) in [4.78, 5) is 22.2. The maximum absolute atomic E-state index is 11.7. The molecule has 0 radical (unpaired) electrons. The van der Waals surface area contributed by atoms with Gasteiger partial charge in [-0.3, -0.25) is 4.79 Å². The number of nitrogens with zero attached hydrogens (tertiary/aromatic N) is 2. The van der Waals surface area contributed by atoms with Gasteiger partial charge in [0.05, 0.1) is 5.39 Å². The fraction of sp³-hybridized carbons (Fsp3) is 0.500. The molecular weight excluding hydrogens is 274 g/mol. The lowest BCUT2D eigenvalue weighted by Gasteiger charge is -2.12. The van der Waals surface area contributed by atoms with E-state index in [1.807, 2.05) is 27.7 Å². The number of fused-ring (bicyclic) bond motifs is 1. The van der Waals surface area contributed by atoms with Gasteiger partial charge >= 0.3 is 0 Å². The lowest BCUT2D eigenvalue weighted by Crippen LogP contribution is -2.35. The normalized spacial score (nSPS) is 12.4. The highest BCUT2D eigenvalue weighted by Gasteiger charge is 2.14. The average Bonchev–Trinajstić information content (AvgIpc) is 2.72. The molecule has 0 fully saturated rings. The standard InChI is InChI=1S/C14H19N3O2S/c1-5-8(2)17-11(18)6-19-13-12-9(3)10(4)20-14(12)16-7-15-13/h7-8H,5-6H2,1-4H3,(H,17,18)/t8-/m0/s1. The average molecular weight is 293 g/mol. The summed E-state index contributed by atoms with van der Waals surface area (Å²) in [5.41, 5.74) is 1.11. The first-order valence-electron chi connectivity index (χ1n) is 6.65. The first kappa shape index (κ1) is 14.7. The zero-order chi connectivity index (χ0) is 14.7. The Morgan fingerprint density at radius 2 is 2.20 bits per heavy atom. The van der Waals surface area contributed by atoms with Gasteiger partial charge in [0.15, 0.2) is 6.61 Å². The highest BCUT2D eigenvalue weighted by Crippen LogP contribution is 2.33. The molecule has 0 bridgehead atoms. The van der Waals surface area contributed by atoms with Crippen molar-refractivity contribution < 1.29 is 9.53 Å². The molecule has 6 heteroatoms. The van der Waals surface area contributed by atoms with E-state index in [0.717, 1.165) is 22.2 Å². The Morgan fingerprint density at radius 1 is 1.45 bits per heavy atom. The molecule has 108 valence electrons. The Balaban J connectivity index is 2.12. The number of amides is 1. The van der Waals surface area contributed by atoms with E-state index in [2.05, 4.69) is 15.3 Å². The van der Waals surface area contributed by atoms with Crippen LogP contribution >= 0.6 is 11.3 Å². The Labute approximate surface area is 122 Å². The summed E-state index contributed by atoms with van der Waals surface area (Å²) in [6, 6.07) is 0.154. The minimum absolute atomic E-state index is 0.0230. The third-order valence-electron chi connectivity index (χ3n) is 3.29. The molecule has 0 aromatic carbocycles. The fourth-order valence-electron chi connectivity index (χ4n) is 1.81. The first-order chi connectivity index (χ1) is 9.52. The second kappa shape index (κ2) is 6.17. The highest BCUT2D eigenvalue weighted by molar-refractivity contribution is 7.18. The van der Waals surface area contributed by atoms with E-state index in [4.69, 9.17) is 4.74 Å². The quantitative estimate of drug-likeness (QED) is 0.920. The molecule has 0 aliphatic rings. The summed E-state index contributed by atoms with van der Waals surface area (Å²) in [5, 5.41) is 3.77. The summed E-state index contributed by atoms with van der Waals surface area (Å²) in [6.07, 6.45) is 2.37. The molecule has 0 spiro atoms. The molecule has 1 N–H and O–H groups in total. The highest BCUT2D eigenvalue weighted by atomic mass is 32.1. The number of aromatic nitrogens is 2. The van der Waals surface area contributed by atoms with Gasteiger partial charge in [-0.25, -0.2) is 9.97 Å². The molecule has 2 heterocycles. The number of carbonyl (C=O) groups excluding carboxylic acids is 1. The molecule has 0 unspecified atom stereocenters. The monoisotopic (exact) mass is 293 g/mol. The Bertz CT molecular complexity index is 624. The number of nitrogens with one attached hydrogen (secondary N) is 1. The molecule has 1 atom stereocenters. The van der Waals surface area contributed by atoms with Gasteiger partial charge in [-0.1, -0.05) is 6.92 Å². The zero-order valence-corrected chi connectivity index (χ0v) is 13.0. The molecule has 2 rings (SSSR count). The van der Waals surface area contributed by atoms with Crippen LogP contribution in [-0.4, -0.2) is 28.5 Å². The van der Waals surface area contributed by atoms with Crippen LogP contribution in [0.15, 0.2) is 6.33 Å². The summed E-state index contributed by atoms with van der Waals surface area (Å²) in [7, 11) is 0. The van der Waals surface area contributed by atoms with Crippen molar-refractivity contribution in [2.24, 2.45) is 0 Å². The molecule has 0 saturated carbocycles. The van der Waals surface area contributed by atoms with Gasteiger partial charge in [0, 0.05) is 10.9 Å². The van der Waals surface area contributed by atoms with Crippen LogP contribution in [-0.2, 0) is 4.79 Å². The van der Waals surface area contributed by atoms with Gasteiger partial charge in [0.1, 0.15) is 11.2 Å². The van der Waals surface area contributed by atoms with Crippen LogP contribution in [0, 0.1) is 13.8 Å². The second-order valence-corrected chi connectivity index (χ2v) is 6.01. The van der Waals surface area contributed by atoms with Gasteiger partial charge < -0.3 is 10.1 Å². The van der Waals surface area contributed by atoms with Gasteiger partial charge in [0.2, 0.25) is 5.88 Å². The van der Waals surface area contributed by atoms with Crippen LogP contribution in [0.25, 0.3) is 10.2 Å². The number of hydrogen-bond acceptors (Lipinski definition) is 5. The Morgan fingerprint density at radius 3 is 2.90 bits per heavy atom. The van der Waals surface area contributed by atoms with Crippen LogP contribution in [0.3, 0.4) is 0 Å². The lowest BCUT2D eigenvalue weighted by atomic mass is 10.2. The van der Waals surface area contributed by atoms with E-state index in [0.29, 0.717) is 5.88 Å². The van der Waals surface area contributed by atoms with Crippen molar-refractivity contribution in [3.05, 3.63) is 16.8 Å². The fourth-order valence-corrected chi connectivity index (χ4v) is 2.80. The third kappa shape index (κ3) is 3.07. The van der Waals surface area contributed by atoms with Crippen molar-refractivity contribution in [3.8, 4) is 5.88 Å². The van der Waals surface area contributed by atoms with E-state index in [9.17, 15) is 4.79 Å². The molecule has 5 nitrogen and oxygen atoms in total. The molecule has 20 heavy (non-hydrogen) atoms. The molecular formula is C14H19N3O2S. The van der Waals surface area contributed by atoms with Crippen LogP contribution in [0.4, 0.5) is 0 Å². The minimum Gasteiger partial charge on any atom is -0.467 e. The SMILES string of the molecule is CC[C@H](C)NC(=O)COc1ncnc2sc(C)c(C)c12. The van der Waals surface area contributed by atoms with Crippen molar-refractivity contribution in [2.75, 3.05) is 6.61 Å². The van der Waals surface area contributed by atoms with Crippen molar-refractivity contribution in [3.63, 3.8) is 0 Å². The predicted molar refractivity (Wildman–Crippen MR) is 80.3 cm³/mol. The molecule has 2 aromatic rings. The molecule has 0 aliphatic carbocycles. The third-order valence-corrected chi connectivity index (χ3v) is 4.41. The van der Waals surface area contributed by atoms with E-state index >= 15 is 0 Å². The first-order valence-corrected chi connectivity index (χ1v) is 7.47. The van der Waals surface area contributed by atoms with Crippen molar-refractivity contribution in [1.82, 2.24) is 15.3 Å². The summed E-state index contributed by atoms with van der Waals surface area (Å²) in [6.45, 7) is 8.03. The lowest BCUT2D eigenvalue weighted by molar-refractivity contribution is -0.123. The summed E-state index contributed by atoms with van der Waals surface area (Å²) >= 11 is 1.61. The smallest absolute Gasteiger partial charge is 0.258 e. The van der Waals surface area contributed by atoms with E-state index in [-0.39, 0.29) is 18.6 Å². The molecule has 0 saturated heterocycles. The van der Waals surface area contributed by atoms with Crippen LogP contribution in [0.2, 0.25) is 0 Å². The van der Waals surface area contributed by atoms with Gasteiger partial charge in [-0.2, -0.15) is 0 Å². The molecule has 1 amide bonds. The summed E-state index contributed by atoms with van der Waals surface area (Å²) < 4.78 is 5.56. The summed E-state index contributed by atoms with van der Waals surface area (Å²) in [5.74, 6) is 0.354. The second-order valence-electron chi connectivity index (χ2n) is 4.81. The van der Waals surface area contributed by atoms with Gasteiger partial charge in [-0.05, 0) is 32.8 Å². The van der Waals surface area contributed by atoms with Crippen LogP contribution in [0.1, 0.15) is 30.7 Å².